The first-order valence-corrected chi connectivity index (χ1v) is 8.27. The zero-order valence-electron chi connectivity index (χ0n) is 14.5. The Balaban J connectivity index is 1.82. The summed E-state index contributed by atoms with van der Waals surface area (Å²) >= 11 is 0. The van der Waals surface area contributed by atoms with Crippen LogP contribution in [0.3, 0.4) is 0 Å². The minimum atomic E-state index is -1.14. The van der Waals surface area contributed by atoms with Gasteiger partial charge in [0.25, 0.3) is 5.56 Å². The Morgan fingerprint density at radius 1 is 1.48 bits per heavy atom. The fourth-order valence-corrected chi connectivity index (χ4v) is 3.01. The standard InChI is InChI=1S/C15H20N6O6/c1-7-4-20(15(26)17-13(7)23)12-3-10(11(6-22)27-12)21-5-8(18-19-21)2-9(16)14(24)25/h4-5,9-12,22H,2-3,6,16H2,1H3,(H,24,25)(H,17,23,26)/t9-,10+,11+,12+/m0/s1. The van der Waals surface area contributed by atoms with Crippen molar-refractivity contribution in [2.24, 2.45) is 5.73 Å². The predicted molar refractivity (Wildman–Crippen MR) is 90.0 cm³/mol. The molecule has 1 saturated heterocycles. The molecule has 12 nitrogen and oxygen atoms in total. The van der Waals surface area contributed by atoms with Gasteiger partial charge >= 0.3 is 11.7 Å². The van der Waals surface area contributed by atoms with Crippen LogP contribution in [0.2, 0.25) is 0 Å². The van der Waals surface area contributed by atoms with Gasteiger partial charge in [0.15, 0.2) is 0 Å². The van der Waals surface area contributed by atoms with E-state index in [1.54, 1.807) is 13.1 Å². The summed E-state index contributed by atoms with van der Waals surface area (Å²) in [6.07, 6.45) is 1.89. The van der Waals surface area contributed by atoms with Gasteiger partial charge in [-0.1, -0.05) is 5.21 Å². The number of H-pyrrole nitrogens is 1. The van der Waals surface area contributed by atoms with Crippen molar-refractivity contribution in [2.45, 2.75) is 44.2 Å². The van der Waals surface area contributed by atoms with Gasteiger partial charge < -0.3 is 20.7 Å². The van der Waals surface area contributed by atoms with Gasteiger partial charge in [0.1, 0.15) is 18.4 Å². The molecule has 3 rings (SSSR count). The van der Waals surface area contributed by atoms with Crippen LogP contribution in [0.15, 0.2) is 22.0 Å². The van der Waals surface area contributed by atoms with Crippen molar-refractivity contribution < 1.29 is 19.7 Å². The van der Waals surface area contributed by atoms with Gasteiger partial charge in [-0.15, -0.1) is 5.10 Å². The summed E-state index contributed by atoms with van der Waals surface area (Å²) in [5, 5.41) is 26.4. The summed E-state index contributed by atoms with van der Waals surface area (Å²) < 4.78 is 8.48. The lowest BCUT2D eigenvalue weighted by atomic mass is 10.1. The van der Waals surface area contributed by atoms with Crippen LogP contribution >= 0.6 is 0 Å². The Kier molecular flexibility index (Phi) is 5.21. The van der Waals surface area contributed by atoms with E-state index in [1.807, 2.05) is 0 Å². The van der Waals surface area contributed by atoms with Gasteiger partial charge in [-0.05, 0) is 6.92 Å². The van der Waals surface area contributed by atoms with Crippen LogP contribution < -0.4 is 17.0 Å². The predicted octanol–water partition coefficient (Wildman–Crippen LogP) is -2.09. The second kappa shape index (κ2) is 7.42. The SMILES string of the molecule is Cc1cn([C@H]2C[C@@H](n3cc(C[C@H](N)C(=O)O)nn3)[C@@H](CO)O2)c(=O)[nH]c1=O. The second-order valence-corrected chi connectivity index (χ2v) is 6.43. The summed E-state index contributed by atoms with van der Waals surface area (Å²) in [6, 6.07) is -1.53. The first-order valence-electron chi connectivity index (χ1n) is 8.27. The molecule has 5 N–H and O–H groups in total. The van der Waals surface area contributed by atoms with Crippen molar-refractivity contribution in [2.75, 3.05) is 6.61 Å². The van der Waals surface area contributed by atoms with Gasteiger partial charge in [0, 0.05) is 30.8 Å². The van der Waals surface area contributed by atoms with Gasteiger partial charge in [0.2, 0.25) is 0 Å². The number of carboxylic acids is 1. The number of nitrogens with zero attached hydrogens (tertiary/aromatic N) is 4. The van der Waals surface area contributed by atoms with Crippen LogP contribution in [-0.2, 0) is 16.0 Å². The molecule has 1 aliphatic heterocycles. The Hall–Kier alpha value is -2.83. The van der Waals surface area contributed by atoms with Crippen LogP contribution in [0.4, 0.5) is 0 Å². The summed E-state index contributed by atoms with van der Waals surface area (Å²) in [5.41, 5.74) is 5.16. The van der Waals surface area contributed by atoms with E-state index < -0.39 is 41.6 Å². The van der Waals surface area contributed by atoms with E-state index in [2.05, 4.69) is 15.3 Å². The zero-order chi connectivity index (χ0) is 19.7. The molecular formula is C15H20N6O6. The number of nitrogens with one attached hydrogen (secondary N) is 1. The number of rotatable bonds is 6. The molecule has 0 aliphatic carbocycles. The van der Waals surface area contributed by atoms with Crippen LogP contribution in [0, 0.1) is 6.92 Å². The molecular weight excluding hydrogens is 360 g/mol. The number of aromatic nitrogens is 5. The molecule has 0 bridgehead atoms. The lowest BCUT2D eigenvalue weighted by Crippen LogP contribution is -2.33. The van der Waals surface area contributed by atoms with Crippen molar-refractivity contribution in [3.05, 3.63) is 44.5 Å². The Bertz CT molecular complexity index is 949. The fourth-order valence-electron chi connectivity index (χ4n) is 3.01. The maximum Gasteiger partial charge on any atom is 0.330 e. The third kappa shape index (κ3) is 3.82. The number of aliphatic hydroxyl groups excluding tert-OH is 1. The molecule has 0 radical (unpaired) electrons. The van der Waals surface area contributed by atoms with Crippen molar-refractivity contribution in [3.8, 4) is 0 Å². The highest BCUT2D eigenvalue weighted by Crippen LogP contribution is 2.35. The average Bonchev–Trinajstić information content (AvgIpc) is 3.24. The minimum absolute atomic E-state index is 0.00864. The van der Waals surface area contributed by atoms with E-state index in [1.165, 1.54) is 15.4 Å². The number of hydrogen-bond donors (Lipinski definition) is 4. The van der Waals surface area contributed by atoms with E-state index in [4.69, 9.17) is 15.6 Å². The summed E-state index contributed by atoms with van der Waals surface area (Å²) in [6.45, 7) is 1.25. The van der Waals surface area contributed by atoms with Crippen molar-refractivity contribution in [1.29, 1.82) is 0 Å². The van der Waals surface area contributed by atoms with Gasteiger partial charge in [0.05, 0.1) is 18.3 Å². The van der Waals surface area contributed by atoms with E-state index in [9.17, 15) is 19.5 Å². The molecule has 2 aromatic rings. The maximum atomic E-state index is 12.1. The molecule has 12 heteroatoms. The Morgan fingerprint density at radius 2 is 2.22 bits per heavy atom. The van der Waals surface area contributed by atoms with E-state index in [0.29, 0.717) is 17.7 Å². The van der Waals surface area contributed by atoms with Crippen LogP contribution in [0.1, 0.15) is 29.9 Å². The number of nitrogens with two attached hydrogens (primary N) is 1. The van der Waals surface area contributed by atoms with Crippen molar-refractivity contribution >= 4 is 5.97 Å². The summed E-state index contributed by atoms with van der Waals surface area (Å²) in [7, 11) is 0. The van der Waals surface area contributed by atoms with Crippen LogP contribution in [0.5, 0.6) is 0 Å². The molecule has 2 aromatic heterocycles. The molecule has 0 spiro atoms. The number of carboxylic acid groups (broad SMARTS) is 1. The monoisotopic (exact) mass is 380 g/mol. The van der Waals surface area contributed by atoms with Gasteiger partial charge in [-0.2, -0.15) is 0 Å². The number of hydrogen-bond acceptors (Lipinski definition) is 8. The molecule has 0 amide bonds. The molecule has 1 aliphatic rings. The molecule has 146 valence electrons. The average molecular weight is 380 g/mol. The molecule has 1 fully saturated rings. The first kappa shape index (κ1) is 18.9. The third-order valence-corrected chi connectivity index (χ3v) is 4.48. The van der Waals surface area contributed by atoms with Gasteiger partial charge in [-0.25, -0.2) is 9.48 Å². The third-order valence-electron chi connectivity index (χ3n) is 4.48. The van der Waals surface area contributed by atoms with Crippen LogP contribution in [0.25, 0.3) is 0 Å². The normalized spacial score (nSPS) is 23.4. The number of carbonyl (C=O) groups is 1. The highest BCUT2D eigenvalue weighted by molar-refractivity contribution is 5.73. The molecule has 0 aromatic carbocycles. The number of aryl methyl sites for hydroxylation is 1. The van der Waals surface area contributed by atoms with Gasteiger partial charge in [-0.3, -0.25) is 19.1 Å². The van der Waals surface area contributed by atoms with Crippen LogP contribution in [-0.4, -0.2) is 59.5 Å². The molecule has 0 unspecified atom stereocenters. The second-order valence-electron chi connectivity index (χ2n) is 6.43. The zero-order valence-corrected chi connectivity index (χ0v) is 14.5. The maximum absolute atomic E-state index is 12.1. The smallest absolute Gasteiger partial charge is 0.330 e. The number of aliphatic hydroxyl groups is 1. The largest absolute Gasteiger partial charge is 0.480 e. The van der Waals surface area contributed by atoms with Crippen molar-refractivity contribution in [1.82, 2.24) is 24.5 Å². The molecule has 27 heavy (non-hydrogen) atoms. The molecule has 3 heterocycles. The topological polar surface area (TPSA) is 178 Å². The van der Waals surface area contributed by atoms with E-state index >= 15 is 0 Å². The quantitative estimate of drug-likeness (QED) is 0.437. The highest BCUT2D eigenvalue weighted by atomic mass is 16.5. The Labute approximate surface area is 152 Å². The number of ether oxygens (including phenoxy) is 1. The lowest BCUT2D eigenvalue weighted by molar-refractivity contribution is -0.138. The highest BCUT2D eigenvalue weighted by Gasteiger charge is 2.38. The lowest BCUT2D eigenvalue weighted by Gasteiger charge is -2.15. The molecule has 4 atom stereocenters. The first-order chi connectivity index (χ1) is 12.8. The number of aliphatic carboxylic acids is 1. The van der Waals surface area contributed by atoms with E-state index in [0.717, 1.165) is 0 Å². The fraction of sp³-hybridized carbons (Fsp3) is 0.533. The summed E-state index contributed by atoms with van der Waals surface area (Å²) in [5.74, 6) is -1.14. The summed E-state index contributed by atoms with van der Waals surface area (Å²) in [4.78, 5) is 36.7. The number of aromatic amines is 1. The Morgan fingerprint density at radius 3 is 2.89 bits per heavy atom. The minimum Gasteiger partial charge on any atom is -0.480 e. The van der Waals surface area contributed by atoms with E-state index in [-0.39, 0.29) is 13.0 Å². The van der Waals surface area contributed by atoms with Crippen molar-refractivity contribution in [3.63, 3.8) is 0 Å². The molecule has 0 saturated carbocycles.